The van der Waals surface area contributed by atoms with Crippen molar-refractivity contribution < 1.29 is 62.3 Å². The zero-order valence-electron chi connectivity index (χ0n) is 69.5. The Balaban J connectivity index is 1.17. The smallest absolute Gasteiger partial charge is 0.245 e. The fourth-order valence-corrected chi connectivity index (χ4v) is 15.2. The van der Waals surface area contributed by atoms with Crippen LogP contribution in [0, 0.1) is 29.6 Å². The van der Waals surface area contributed by atoms with Gasteiger partial charge in [0, 0.05) is 79.6 Å². The SMILES string of the molecule is CC(C)C[C@@H]1NC(=O)[C@H](C)NC(=O)CSC[C@@H](C(=O)NC(C)(C)C)NC(=O)[C@H](C(C)C)NC(=O)[C@H](Cc2c[nH]c3ccccc23)NC(=O)[C@H](C(C)C)NC(=O)[C@H](Cc2ccc(-c3ccccc3)cc2)NC(=O)[C@@H]2CCCN2C(=O)[C@H](CC(C)C)NC(=O)[C@H](C(C)C)NC(=O)[C@H](Cc2ccccc2)N(C)C(=O)[C@H](CC2=CNCN2)NC1=O. The largest absolute Gasteiger partial charge is 0.372 e. The van der Waals surface area contributed by atoms with E-state index in [0.29, 0.717) is 35.5 Å². The van der Waals surface area contributed by atoms with E-state index in [1.165, 1.54) is 23.8 Å². The molecule has 8 rings (SSSR count). The van der Waals surface area contributed by atoms with E-state index >= 15 is 38.4 Å². The quantitative estimate of drug-likeness (QED) is 0.0602. The number of aromatic nitrogens is 1. The molecule has 30 heteroatoms. The molecular weight excluding hydrogens is 1500 g/mol. The Bertz CT molecular complexity index is 4300. The molecule has 628 valence electrons. The summed E-state index contributed by atoms with van der Waals surface area (Å²) in [7, 11) is 1.42. The summed E-state index contributed by atoms with van der Waals surface area (Å²) < 4.78 is 0. The van der Waals surface area contributed by atoms with E-state index in [2.05, 4.69) is 74.1 Å². The molecule has 2 saturated heterocycles. The molecule has 4 aromatic carbocycles. The van der Waals surface area contributed by atoms with Crippen molar-refractivity contribution in [2.45, 2.75) is 226 Å². The summed E-state index contributed by atoms with van der Waals surface area (Å²) in [6, 6.07) is 17.7. The highest BCUT2D eigenvalue weighted by Crippen LogP contribution is 2.26. The number of amides is 13. The minimum Gasteiger partial charge on any atom is -0.372 e. The maximum Gasteiger partial charge on any atom is 0.245 e. The Morgan fingerprint density at radius 1 is 0.509 bits per heavy atom. The topological polar surface area (TPSA) is 401 Å². The number of benzene rings is 4. The lowest BCUT2D eigenvalue weighted by atomic mass is 9.97. The molecule has 13 amide bonds. The molecule has 0 unspecified atom stereocenters. The minimum atomic E-state index is -1.41. The molecule has 0 aliphatic carbocycles. The highest BCUT2D eigenvalue weighted by Gasteiger charge is 2.43. The molecule has 116 heavy (non-hydrogen) atoms. The number of fused-ring (bicyclic) bond motifs is 2. The summed E-state index contributed by atoms with van der Waals surface area (Å²) in [4.78, 5) is 200. The number of hydrogen-bond acceptors (Lipinski definition) is 16. The van der Waals surface area contributed by atoms with E-state index in [4.69, 9.17) is 0 Å². The van der Waals surface area contributed by atoms with Crippen LogP contribution in [0.25, 0.3) is 22.0 Å². The van der Waals surface area contributed by atoms with Crippen molar-refractivity contribution in [3.8, 4) is 11.1 Å². The van der Waals surface area contributed by atoms with Crippen LogP contribution in [0.4, 0.5) is 0 Å². The van der Waals surface area contributed by atoms with Crippen molar-refractivity contribution in [1.82, 2.24) is 83.9 Å². The minimum absolute atomic E-state index is 0.0575. The van der Waals surface area contributed by atoms with Gasteiger partial charge in [-0.15, -0.1) is 11.8 Å². The summed E-state index contributed by atoms with van der Waals surface area (Å²) in [6.07, 6.45) is 3.72. The summed E-state index contributed by atoms with van der Waals surface area (Å²) in [5.74, 6) is -12.1. The van der Waals surface area contributed by atoms with Gasteiger partial charge in [-0.3, -0.25) is 62.3 Å². The summed E-state index contributed by atoms with van der Waals surface area (Å²) in [6.45, 7) is 24.7. The van der Waals surface area contributed by atoms with Crippen LogP contribution in [0.5, 0.6) is 0 Å². The van der Waals surface area contributed by atoms with E-state index in [9.17, 15) is 24.0 Å². The molecule has 2 fully saturated rings. The van der Waals surface area contributed by atoms with Crippen molar-refractivity contribution in [3.63, 3.8) is 0 Å². The number of nitrogens with zero attached hydrogens (tertiary/aromatic N) is 2. The third kappa shape index (κ3) is 26.1. The summed E-state index contributed by atoms with van der Waals surface area (Å²) in [5, 5.41) is 38.5. The first kappa shape index (κ1) is 90.8. The molecule has 29 nitrogen and oxygen atoms in total. The number of nitrogens with one attached hydrogen (secondary N) is 14. The van der Waals surface area contributed by atoms with Gasteiger partial charge in [-0.2, -0.15) is 0 Å². The number of aromatic amines is 1. The molecule has 4 heterocycles. The molecule has 0 radical (unpaired) electrons. The second-order valence-corrected chi connectivity index (χ2v) is 34.5. The third-order valence-corrected chi connectivity index (χ3v) is 21.7. The van der Waals surface area contributed by atoms with Crippen LogP contribution in [0.2, 0.25) is 0 Å². The standard InChI is InChI=1S/C86H120N16O13S/c1-48(2)37-62-75(105)94-66(42-59-44-87-47-89-59)84(114)101(15)69(40-54-25-18-16-19-26-54)80(110)99-73(52(9)10)82(112)95-65(38-49(3)4)85(115)102-36-24-31-68(102)79(109)92-63(39-55-32-34-57(35-33-55)56-27-20-17-21-28-56)76(106)97-71(50(5)6)81(111)93-64(41-58-43-88-61-30-23-22-29-60(58)61)77(107)98-72(51(7)8)83(113)96-67(78(108)100-86(12,13)14)45-116-46-70(103)90-53(11)74(104)91-62/h16-23,25-30,32-35,43-44,48-53,62-69,71-73,87-89H,24,31,36-42,45-47H2,1-15H3,(H,90,103)(H,91,104)(H,92,109)(H,93,111)(H,94,105)(H,95,112)(H,96,113)(H,97,106)(H,98,107)(H,99,110)(H,100,108)/t53-,62-,63-,64-,65-,66-,67-,68-,69-,71-,72-,73-/m0/s1. The molecule has 14 N–H and O–H groups in total. The second-order valence-electron chi connectivity index (χ2n) is 33.5. The Morgan fingerprint density at radius 2 is 1.02 bits per heavy atom. The number of para-hydroxylation sites is 1. The van der Waals surface area contributed by atoms with Gasteiger partial charge in [-0.25, -0.2) is 0 Å². The van der Waals surface area contributed by atoms with E-state index < -0.39 is 173 Å². The number of carbonyl (C=O) groups excluding carboxylic acids is 13. The van der Waals surface area contributed by atoms with Gasteiger partial charge in [0.25, 0.3) is 0 Å². The van der Waals surface area contributed by atoms with Crippen molar-refractivity contribution in [2.24, 2.45) is 29.6 Å². The molecular formula is C86H120N16O13S. The van der Waals surface area contributed by atoms with Gasteiger partial charge in [-0.1, -0.05) is 172 Å². The number of thioether (sulfide) groups is 1. The Morgan fingerprint density at radius 3 is 1.60 bits per heavy atom. The zero-order chi connectivity index (χ0) is 84.8. The number of carbonyl (C=O) groups is 13. The third-order valence-electron chi connectivity index (χ3n) is 20.6. The van der Waals surface area contributed by atoms with Crippen LogP contribution in [-0.2, 0) is 81.6 Å². The van der Waals surface area contributed by atoms with Crippen LogP contribution >= 0.6 is 11.8 Å². The van der Waals surface area contributed by atoms with Crippen LogP contribution < -0.4 is 69.1 Å². The molecule has 0 spiro atoms. The van der Waals surface area contributed by atoms with Crippen molar-refractivity contribution >= 4 is 99.5 Å². The lowest BCUT2D eigenvalue weighted by molar-refractivity contribution is -0.144. The van der Waals surface area contributed by atoms with Gasteiger partial charge in [0.05, 0.1) is 12.4 Å². The predicted octanol–water partition coefficient (Wildman–Crippen LogP) is 4.65. The average Bonchev–Trinajstić information content (AvgIpc) is 1.15. The van der Waals surface area contributed by atoms with Gasteiger partial charge in [-0.05, 0) is 117 Å². The van der Waals surface area contributed by atoms with Gasteiger partial charge >= 0.3 is 0 Å². The fraction of sp³-hybridized carbons (Fsp3) is 0.523. The first-order valence-corrected chi connectivity index (χ1v) is 41.5. The van der Waals surface area contributed by atoms with Crippen LogP contribution in [0.1, 0.15) is 146 Å². The van der Waals surface area contributed by atoms with Gasteiger partial charge in [0.1, 0.15) is 72.5 Å². The van der Waals surface area contributed by atoms with E-state index in [0.717, 1.165) is 33.8 Å². The van der Waals surface area contributed by atoms with Crippen molar-refractivity contribution in [1.29, 1.82) is 0 Å². The molecule has 5 aromatic rings. The Hall–Kier alpha value is -10.8. The van der Waals surface area contributed by atoms with E-state index in [1.807, 2.05) is 107 Å². The molecule has 3 aliphatic rings. The first-order valence-electron chi connectivity index (χ1n) is 40.3. The lowest BCUT2D eigenvalue weighted by Crippen LogP contribution is -2.62. The highest BCUT2D eigenvalue weighted by atomic mass is 32.2. The normalized spacial score (nSPS) is 24.6. The molecule has 0 bridgehead atoms. The lowest BCUT2D eigenvalue weighted by Gasteiger charge is -2.34. The maximum absolute atomic E-state index is 15.3. The second kappa shape index (κ2) is 42.2. The van der Waals surface area contributed by atoms with E-state index in [-0.39, 0.29) is 74.8 Å². The monoisotopic (exact) mass is 1620 g/mol. The van der Waals surface area contributed by atoms with Crippen molar-refractivity contribution in [2.75, 3.05) is 31.8 Å². The summed E-state index contributed by atoms with van der Waals surface area (Å²) >= 11 is 0.974. The highest BCUT2D eigenvalue weighted by molar-refractivity contribution is 8.00. The molecule has 0 saturated carbocycles. The zero-order valence-corrected chi connectivity index (χ0v) is 70.3. The fourth-order valence-electron chi connectivity index (χ4n) is 14.4. The number of H-pyrrole nitrogens is 1. The first-order chi connectivity index (χ1) is 54.9. The van der Waals surface area contributed by atoms with Gasteiger partial charge in [0.15, 0.2) is 0 Å². The van der Waals surface area contributed by atoms with Gasteiger partial charge in [0.2, 0.25) is 76.8 Å². The van der Waals surface area contributed by atoms with Crippen LogP contribution in [0.3, 0.4) is 0 Å². The number of rotatable bonds is 17. The number of likely N-dealkylation sites (N-methyl/N-ethyl adjacent to an activating group) is 1. The average molecular weight is 1620 g/mol. The Kier molecular flexibility index (Phi) is 33.0. The van der Waals surface area contributed by atoms with Gasteiger partial charge < -0.3 is 83.9 Å². The van der Waals surface area contributed by atoms with Crippen LogP contribution in [0.15, 0.2) is 127 Å². The van der Waals surface area contributed by atoms with Crippen LogP contribution in [-0.4, -0.2) is 201 Å². The van der Waals surface area contributed by atoms with E-state index in [1.54, 1.807) is 105 Å². The summed E-state index contributed by atoms with van der Waals surface area (Å²) in [5.41, 5.74) is 4.21. The molecule has 12 atom stereocenters. The number of hydrogen-bond donors (Lipinski definition) is 14. The van der Waals surface area contributed by atoms with Crippen molar-refractivity contribution in [3.05, 3.63) is 144 Å². The predicted molar refractivity (Wildman–Crippen MR) is 446 cm³/mol. The molecule has 3 aliphatic heterocycles. The Labute approximate surface area is 685 Å². The maximum atomic E-state index is 15.3. The molecule has 1 aromatic heterocycles.